The van der Waals surface area contributed by atoms with Gasteiger partial charge in [-0.3, -0.25) is 15.0 Å². The molecule has 7 heteroatoms. The third-order valence-electron chi connectivity index (χ3n) is 3.88. The van der Waals surface area contributed by atoms with Crippen molar-refractivity contribution >= 4 is 5.69 Å². The lowest BCUT2D eigenvalue weighted by Crippen LogP contribution is -2.46. The second-order valence-electron chi connectivity index (χ2n) is 5.55. The zero-order chi connectivity index (χ0) is 15.9. The van der Waals surface area contributed by atoms with Gasteiger partial charge in [0.05, 0.1) is 17.6 Å². The van der Waals surface area contributed by atoms with Gasteiger partial charge in [-0.25, -0.2) is 0 Å². The van der Waals surface area contributed by atoms with Gasteiger partial charge >= 0.3 is 0 Å². The predicted molar refractivity (Wildman–Crippen MR) is 80.9 cm³/mol. The molecule has 1 saturated heterocycles. The number of hydrogen-bond acceptors (Lipinski definition) is 6. The summed E-state index contributed by atoms with van der Waals surface area (Å²) in [5.41, 5.74) is -0.0386. The van der Waals surface area contributed by atoms with Crippen LogP contribution in [0.5, 0.6) is 5.75 Å². The summed E-state index contributed by atoms with van der Waals surface area (Å²) in [6.07, 6.45) is 2.40. The smallest absolute Gasteiger partial charge is 0.273 e. The van der Waals surface area contributed by atoms with Crippen LogP contribution in [0.1, 0.15) is 19.3 Å². The first-order valence-electron chi connectivity index (χ1n) is 7.50. The number of β-amino-alcohol motifs (C(OH)–C–C–N with tert-alkyl or cyclic N) is 1. The molecule has 1 heterocycles. The van der Waals surface area contributed by atoms with Gasteiger partial charge in [-0.15, -0.1) is 0 Å². The van der Waals surface area contributed by atoms with E-state index in [1.807, 2.05) is 0 Å². The van der Waals surface area contributed by atoms with Gasteiger partial charge in [0.1, 0.15) is 18.5 Å². The van der Waals surface area contributed by atoms with E-state index in [2.05, 4.69) is 4.90 Å². The summed E-state index contributed by atoms with van der Waals surface area (Å²) in [6.45, 7) is 1.45. The molecule has 1 aromatic carbocycles. The van der Waals surface area contributed by atoms with Crippen molar-refractivity contribution in [1.29, 1.82) is 0 Å². The summed E-state index contributed by atoms with van der Waals surface area (Å²) in [4.78, 5) is 12.3. The molecule has 0 unspecified atom stereocenters. The van der Waals surface area contributed by atoms with Crippen LogP contribution < -0.4 is 4.74 Å². The average Bonchev–Trinajstić information content (AvgIpc) is 2.53. The van der Waals surface area contributed by atoms with Gasteiger partial charge in [0.15, 0.2) is 0 Å². The van der Waals surface area contributed by atoms with Crippen molar-refractivity contribution < 1.29 is 19.9 Å². The number of aliphatic hydroxyl groups excluding tert-OH is 2. The number of nitro benzene ring substituents is 1. The van der Waals surface area contributed by atoms with E-state index in [0.29, 0.717) is 12.3 Å². The summed E-state index contributed by atoms with van der Waals surface area (Å²) in [6, 6.07) is 6.00. The molecule has 22 heavy (non-hydrogen) atoms. The monoisotopic (exact) mass is 310 g/mol. The SMILES string of the molecule is O=[N+]([O-])c1cccc(OC[C@@H](O)CN2CCCC[C@H]2CO)c1. The molecule has 122 valence electrons. The standard InChI is InChI=1S/C15H22N2O5/c18-10-13-4-1-2-7-16(13)9-14(19)11-22-15-6-3-5-12(8-15)17(20)21/h3,5-6,8,13-14,18-19H,1-2,4,7,9-11H2/t13-,14-/m0/s1. The summed E-state index contributed by atoms with van der Waals surface area (Å²) in [5.74, 6) is 0.366. The van der Waals surface area contributed by atoms with Gasteiger partial charge in [-0.2, -0.15) is 0 Å². The second-order valence-corrected chi connectivity index (χ2v) is 5.55. The van der Waals surface area contributed by atoms with E-state index in [0.717, 1.165) is 25.8 Å². The van der Waals surface area contributed by atoms with E-state index in [1.165, 1.54) is 12.1 Å². The fourth-order valence-electron chi connectivity index (χ4n) is 2.71. The maximum Gasteiger partial charge on any atom is 0.273 e. The lowest BCUT2D eigenvalue weighted by molar-refractivity contribution is -0.384. The topological polar surface area (TPSA) is 96.1 Å². The fraction of sp³-hybridized carbons (Fsp3) is 0.600. The van der Waals surface area contributed by atoms with Gasteiger partial charge in [0.2, 0.25) is 0 Å². The quantitative estimate of drug-likeness (QED) is 0.580. The molecule has 0 aromatic heterocycles. The molecule has 0 radical (unpaired) electrons. The molecule has 0 bridgehead atoms. The lowest BCUT2D eigenvalue weighted by Gasteiger charge is -2.35. The molecule has 2 N–H and O–H groups in total. The Balaban J connectivity index is 1.83. The van der Waals surface area contributed by atoms with Crippen LogP contribution in [0.25, 0.3) is 0 Å². The highest BCUT2D eigenvalue weighted by molar-refractivity contribution is 5.37. The number of benzene rings is 1. The van der Waals surface area contributed by atoms with Gasteiger partial charge < -0.3 is 14.9 Å². The minimum atomic E-state index is -0.702. The molecule has 1 fully saturated rings. The van der Waals surface area contributed by atoms with E-state index in [-0.39, 0.29) is 24.9 Å². The Morgan fingerprint density at radius 3 is 3.00 bits per heavy atom. The number of nitro groups is 1. The Hall–Kier alpha value is -1.70. The van der Waals surface area contributed by atoms with E-state index >= 15 is 0 Å². The first-order valence-corrected chi connectivity index (χ1v) is 7.50. The first kappa shape index (κ1) is 16.7. The van der Waals surface area contributed by atoms with Crippen LogP contribution in [0.2, 0.25) is 0 Å². The summed E-state index contributed by atoms with van der Waals surface area (Å²) in [5, 5.41) is 30.1. The van der Waals surface area contributed by atoms with Gasteiger partial charge in [-0.05, 0) is 25.5 Å². The van der Waals surface area contributed by atoms with Crippen LogP contribution >= 0.6 is 0 Å². The van der Waals surface area contributed by atoms with Crippen LogP contribution in [-0.4, -0.2) is 58.5 Å². The van der Waals surface area contributed by atoms with E-state index in [9.17, 15) is 20.3 Å². The van der Waals surface area contributed by atoms with E-state index in [1.54, 1.807) is 12.1 Å². The van der Waals surface area contributed by atoms with Gasteiger partial charge in [0, 0.05) is 18.7 Å². The molecule has 7 nitrogen and oxygen atoms in total. The lowest BCUT2D eigenvalue weighted by atomic mass is 10.0. The highest BCUT2D eigenvalue weighted by Gasteiger charge is 2.23. The van der Waals surface area contributed by atoms with E-state index < -0.39 is 11.0 Å². The van der Waals surface area contributed by atoms with Crippen LogP contribution in [0.3, 0.4) is 0 Å². The normalized spacial score (nSPS) is 20.5. The molecular formula is C15H22N2O5. The highest BCUT2D eigenvalue weighted by Crippen LogP contribution is 2.20. The van der Waals surface area contributed by atoms with Gasteiger partial charge in [0.25, 0.3) is 5.69 Å². The van der Waals surface area contributed by atoms with Crippen molar-refractivity contribution in [2.75, 3.05) is 26.3 Å². The Labute approximate surface area is 129 Å². The summed E-state index contributed by atoms with van der Waals surface area (Å²) in [7, 11) is 0. The molecule has 0 spiro atoms. The number of aliphatic hydroxyl groups is 2. The Morgan fingerprint density at radius 1 is 1.45 bits per heavy atom. The van der Waals surface area contributed by atoms with Crippen LogP contribution in [0.15, 0.2) is 24.3 Å². The zero-order valence-corrected chi connectivity index (χ0v) is 12.4. The van der Waals surface area contributed by atoms with Gasteiger partial charge in [-0.1, -0.05) is 12.5 Å². The number of ether oxygens (including phenoxy) is 1. The molecule has 0 aliphatic carbocycles. The number of likely N-dealkylation sites (tertiary alicyclic amines) is 1. The third kappa shape index (κ3) is 4.66. The summed E-state index contributed by atoms with van der Waals surface area (Å²) < 4.78 is 5.43. The molecule has 2 atom stereocenters. The van der Waals surface area contributed by atoms with Crippen molar-refractivity contribution in [2.24, 2.45) is 0 Å². The third-order valence-corrected chi connectivity index (χ3v) is 3.88. The molecule has 1 aliphatic heterocycles. The van der Waals surface area contributed by atoms with Crippen molar-refractivity contribution in [3.63, 3.8) is 0 Å². The van der Waals surface area contributed by atoms with Crippen LogP contribution in [-0.2, 0) is 0 Å². The predicted octanol–water partition coefficient (Wildman–Crippen LogP) is 1.18. The number of non-ortho nitro benzene ring substituents is 1. The Morgan fingerprint density at radius 2 is 2.27 bits per heavy atom. The Kier molecular flexibility index (Phi) is 6.11. The maximum absolute atomic E-state index is 10.7. The molecule has 1 aromatic rings. The van der Waals surface area contributed by atoms with Crippen LogP contribution in [0, 0.1) is 10.1 Å². The zero-order valence-electron chi connectivity index (χ0n) is 12.4. The first-order chi connectivity index (χ1) is 10.6. The van der Waals surface area contributed by atoms with E-state index in [4.69, 9.17) is 4.74 Å². The number of rotatable bonds is 7. The molecular weight excluding hydrogens is 288 g/mol. The molecule has 1 aliphatic rings. The minimum Gasteiger partial charge on any atom is -0.491 e. The average molecular weight is 310 g/mol. The van der Waals surface area contributed by atoms with Crippen LogP contribution in [0.4, 0.5) is 5.69 Å². The molecule has 0 amide bonds. The molecule has 2 rings (SSSR count). The summed E-state index contributed by atoms with van der Waals surface area (Å²) >= 11 is 0. The van der Waals surface area contributed by atoms with Crippen molar-refractivity contribution in [2.45, 2.75) is 31.4 Å². The largest absolute Gasteiger partial charge is 0.491 e. The van der Waals surface area contributed by atoms with Crippen molar-refractivity contribution in [3.05, 3.63) is 34.4 Å². The number of hydrogen-bond donors (Lipinski definition) is 2. The Bertz CT molecular complexity index is 497. The fourth-order valence-corrected chi connectivity index (χ4v) is 2.71. The maximum atomic E-state index is 10.7. The number of piperidine rings is 1. The highest BCUT2D eigenvalue weighted by atomic mass is 16.6. The second kappa shape index (κ2) is 8.07. The van der Waals surface area contributed by atoms with Crippen molar-refractivity contribution in [1.82, 2.24) is 4.90 Å². The van der Waals surface area contributed by atoms with Crippen molar-refractivity contribution in [3.8, 4) is 5.75 Å². The number of nitrogens with zero attached hydrogens (tertiary/aromatic N) is 2. The molecule has 0 saturated carbocycles. The minimum absolute atomic E-state index is 0.0386.